The molecule has 0 aliphatic rings. The highest BCUT2D eigenvalue weighted by Crippen LogP contribution is 2.32. The Hall–Kier alpha value is -3.33. The van der Waals surface area contributed by atoms with E-state index in [-0.39, 0.29) is 10.8 Å². The van der Waals surface area contributed by atoms with Crippen molar-refractivity contribution >= 4 is 64.2 Å². The molecule has 0 saturated carbocycles. The predicted octanol–water partition coefficient (Wildman–Crippen LogP) is 5.50. The number of benzene rings is 4. The van der Waals surface area contributed by atoms with Crippen molar-refractivity contribution in [3.63, 3.8) is 0 Å². The minimum Gasteiger partial charge on any atom is -0.298 e. The predicted molar refractivity (Wildman–Crippen MR) is 135 cm³/mol. The van der Waals surface area contributed by atoms with E-state index >= 15 is 0 Å². The van der Waals surface area contributed by atoms with Crippen LogP contribution in [0.15, 0.2) is 77.7 Å². The van der Waals surface area contributed by atoms with E-state index in [0.717, 1.165) is 21.5 Å². The summed E-state index contributed by atoms with van der Waals surface area (Å²) in [6, 6.07) is 22.5. The fourth-order valence-electron chi connectivity index (χ4n) is 3.89. The second-order valence-electron chi connectivity index (χ2n) is 7.72. The summed E-state index contributed by atoms with van der Waals surface area (Å²) in [5.41, 5.74) is 1.23. The Bertz CT molecular complexity index is 1590. The zero-order chi connectivity index (χ0) is 23.2. The molecule has 1 aromatic heterocycles. The molecule has 0 radical (unpaired) electrons. The van der Waals surface area contributed by atoms with Crippen molar-refractivity contribution in [1.29, 1.82) is 0 Å². The number of amides is 1. The summed E-state index contributed by atoms with van der Waals surface area (Å²) in [7, 11) is -2.01. The lowest BCUT2D eigenvalue weighted by Crippen LogP contribution is -2.26. The van der Waals surface area contributed by atoms with E-state index < -0.39 is 10.0 Å². The topological polar surface area (TPSA) is 79.4 Å². The van der Waals surface area contributed by atoms with Gasteiger partial charge in [-0.2, -0.15) is 0 Å². The quantitative estimate of drug-likeness (QED) is 0.341. The van der Waals surface area contributed by atoms with E-state index in [1.165, 1.54) is 15.6 Å². The Morgan fingerprint density at radius 3 is 2.24 bits per heavy atom. The van der Waals surface area contributed by atoms with E-state index in [9.17, 15) is 13.2 Å². The molecule has 1 amide bonds. The van der Waals surface area contributed by atoms with E-state index in [1.807, 2.05) is 48.5 Å². The fraction of sp³-hybridized carbons (Fsp3) is 0.120. The number of nitrogens with one attached hydrogen (secondary N) is 1. The second-order valence-corrected chi connectivity index (χ2v) is 10.8. The molecule has 4 aromatic carbocycles. The van der Waals surface area contributed by atoms with Gasteiger partial charge in [-0.3, -0.25) is 10.1 Å². The van der Waals surface area contributed by atoms with Crippen molar-refractivity contribution in [3.8, 4) is 0 Å². The molecule has 6 nitrogen and oxygen atoms in total. The first-order valence-electron chi connectivity index (χ1n) is 10.5. The SMILES string of the molecule is CCN(C)S(=O)(=O)c1ccc2nc(NC(=O)c3c4ccccc4cc4ccccc34)sc2c1. The minimum absolute atomic E-state index is 0.209. The summed E-state index contributed by atoms with van der Waals surface area (Å²) in [6.07, 6.45) is 0. The van der Waals surface area contributed by atoms with Crippen LogP contribution in [0.1, 0.15) is 17.3 Å². The monoisotopic (exact) mass is 475 g/mol. The normalized spacial score (nSPS) is 12.1. The first kappa shape index (κ1) is 21.5. The second kappa shape index (κ2) is 8.22. The largest absolute Gasteiger partial charge is 0.298 e. The van der Waals surface area contributed by atoms with Gasteiger partial charge in [0.05, 0.1) is 20.7 Å². The van der Waals surface area contributed by atoms with Crippen LogP contribution >= 0.6 is 11.3 Å². The van der Waals surface area contributed by atoms with Gasteiger partial charge in [-0.25, -0.2) is 17.7 Å². The van der Waals surface area contributed by atoms with Crippen LogP contribution < -0.4 is 5.32 Å². The van der Waals surface area contributed by atoms with Crippen LogP contribution in [0.2, 0.25) is 0 Å². The van der Waals surface area contributed by atoms with Gasteiger partial charge >= 0.3 is 0 Å². The van der Waals surface area contributed by atoms with Crippen molar-refractivity contribution in [3.05, 3.63) is 78.4 Å². The summed E-state index contributed by atoms with van der Waals surface area (Å²) in [5, 5.41) is 7.06. The van der Waals surface area contributed by atoms with Gasteiger partial charge in [0.15, 0.2) is 5.13 Å². The number of carbonyl (C=O) groups is 1. The highest BCUT2D eigenvalue weighted by molar-refractivity contribution is 7.89. The van der Waals surface area contributed by atoms with Crippen molar-refractivity contribution in [2.24, 2.45) is 0 Å². The van der Waals surface area contributed by atoms with Gasteiger partial charge in [0.2, 0.25) is 10.0 Å². The molecule has 5 rings (SSSR count). The third-order valence-electron chi connectivity index (χ3n) is 5.73. The Morgan fingerprint density at radius 1 is 0.970 bits per heavy atom. The lowest BCUT2D eigenvalue weighted by Gasteiger charge is -2.14. The van der Waals surface area contributed by atoms with Crippen molar-refractivity contribution < 1.29 is 13.2 Å². The van der Waals surface area contributed by atoms with E-state index in [1.54, 1.807) is 32.2 Å². The summed E-state index contributed by atoms with van der Waals surface area (Å²) >= 11 is 1.25. The molecule has 166 valence electrons. The molecule has 0 unspecified atom stereocenters. The highest BCUT2D eigenvalue weighted by atomic mass is 32.2. The van der Waals surface area contributed by atoms with Crippen molar-refractivity contribution in [2.45, 2.75) is 11.8 Å². The molecule has 8 heteroatoms. The molecule has 1 heterocycles. The highest BCUT2D eigenvalue weighted by Gasteiger charge is 2.21. The summed E-state index contributed by atoms with van der Waals surface area (Å²) in [6.45, 7) is 2.16. The number of hydrogen-bond donors (Lipinski definition) is 1. The molecular weight excluding hydrogens is 454 g/mol. The zero-order valence-corrected chi connectivity index (χ0v) is 19.7. The average molecular weight is 476 g/mol. The fourth-order valence-corrected chi connectivity index (χ4v) is 6.07. The molecule has 33 heavy (non-hydrogen) atoms. The van der Waals surface area contributed by atoms with Gasteiger partial charge < -0.3 is 0 Å². The molecule has 0 aliphatic heterocycles. The standard InChI is InChI=1S/C25H21N3O3S2/c1-3-28(2)33(30,31)18-12-13-21-22(15-18)32-25(26-21)27-24(29)23-19-10-6-4-8-16(19)14-17-9-5-7-11-20(17)23/h4-15H,3H2,1-2H3,(H,26,27,29). The number of anilines is 1. The van der Waals surface area contributed by atoms with Crippen LogP contribution in [0, 0.1) is 0 Å². The number of nitrogens with zero attached hydrogens (tertiary/aromatic N) is 2. The van der Waals surface area contributed by atoms with Crippen LogP contribution in [-0.4, -0.2) is 37.2 Å². The van der Waals surface area contributed by atoms with E-state index in [4.69, 9.17) is 0 Å². The number of rotatable bonds is 5. The maximum absolute atomic E-state index is 13.4. The third-order valence-corrected chi connectivity index (χ3v) is 8.59. The van der Waals surface area contributed by atoms with Gasteiger partial charge in [-0.05, 0) is 45.8 Å². The Balaban J connectivity index is 1.55. The maximum Gasteiger partial charge on any atom is 0.258 e. The van der Waals surface area contributed by atoms with Gasteiger partial charge in [0.25, 0.3) is 5.91 Å². The number of hydrogen-bond acceptors (Lipinski definition) is 5. The smallest absolute Gasteiger partial charge is 0.258 e. The number of thiazole rings is 1. The molecule has 0 aliphatic carbocycles. The van der Waals surface area contributed by atoms with Crippen LogP contribution in [0.4, 0.5) is 5.13 Å². The van der Waals surface area contributed by atoms with Crippen LogP contribution in [-0.2, 0) is 10.0 Å². The van der Waals surface area contributed by atoms with Gasteiger partial charge in [0.1, 0.15) is 0 Å². The molecule has 5 aromatic rings. The number of fused-ring (bicyclic) bond motifs is 3. The Labute approximate surface area is 195 Å². The maximum atomic E-state index is 13.4. The van der Waals surface area contributed by atoms with E-state index in [2.05, 4.69) is 16.4 Å². The Morgan fingerprint density at radius 2 is 1.61 bits per heavy atom. The molecule has 1 N–H and O–H groups in total. The number of carbonyl (C=O) groups excluding carboxylic acids is 1. The first-order valence-corrected chi connectivity index (χ1v) is 12.7. The Kier molecular flexibility index (Phi) is 5.36. The minimum atomic E-state index is -3.56. The molecular formula is C25H21N3O3S2. The molecule has 0 spiro atoms. The molecule has 0 atom stereocenters. The first-order chi connectivity index (χ1) is 15.9. The molecule has 0 fully saturated rings. The van der Waals surface area contributed by atoms with Crippen LogP contribution in [0.5, 0.6) is 0 Å². The summed E-state index contributed by atoms with van der Waals surface area (Å²) in [4.78, 5) is 18.1. The third kappa shape index (κ3) is 3.76. The summed E-state index contributed by atoms with van der Waals surface area (Å²) < 4.78 is 27.3. The number of aromatic nitrogens is 1. The van der Waals surface area contributed by atoms with Gasteiger partial charge in [-0.1, -0.05) is 66.8 Å². The van der Waals surface area contributed by atoms with E-state index in [0.29, 0.717) is 27.5 Å². The van der Waals surface area contributed by atoms with Gasteiger partial charge in [0, 0.05) is 13.6 Å². The molecule has 0 bridgehead atoms. The van der Waals surface area contributed by atoms with Gasteiger partial charge in [-0.15, -0.1) is 0 Å². The lowest BCUT2D eigenvalue weighted by atomic mass is 9.96. The number of sulfonamides is 1. The lowest BCUT2D eigenvalue weighted by molar-refractivity contribution is 0.103. The average Bonchev–Trinajstić information content (AvgIpc) is 3.23. The van der Waals surface area contributed by atoms with Crippen molar-refractivity contribution in [2.75, 3.05) is 18.9 Å². The van der Waals surface area contributed by atoms with Crippen molar-refractivity contribution in [1.82, 2.24) is 9.29 Å². The molecule has 0 saturated heterocycles. The summed E-state index contributed by atoms with van der Waals surface area (Å²) in [5.74, 6) is -0.249. The van der Waals surface area contributed by atoms with Crippen LogP contribution in [0.3, 0.4) is 0 Å². The zero-order valence-electron chi connectivity index (χ0n) is 18.1. The van der Waals surface area contributed by atoms with Crippen LogP contribution in [0.25, 0.3) is 31.8 Å².